The molecule has 0 saturated carbocycles. The Kier molecular flexibility index (Phi) is 3.59. The molecule has 0 amide bonds. The normalized spacial score (nSPS) is 10.0. The Hall–Kier alpha value is -2.34. The monoisotopic (exact) mass is 238 g/mol. The van der Waals surface area contributed by atoms with Crippen LogP contribution >= 0.6 is 0 Å². The highest BCUT2D eigenvalue weighted by Crippen LogP contribution is 2.03. The fourth-order valence-corrected chi connectivity index (χ4v) is 1.87. The maximum absolute atomic E-state index is 12.0. The van der Waals surface area contributed by atoms with E-state index in [2.05, 4.69) is 0 Å². The molecule has 1 heterocycles. The third-order valence-electron chi connectivity index (χ3n) is 2.97. The molecule has 2 rings (SSSR count). The van der Waals surface area contributed by atoms with Crippen LogP contribution in [0.4, 0.5) is 0 Å². The van der Waals surface area contributed by atoms with E-state index in [0.29, 0.717) is 6.54 Å². The van der Waals surface area contributed by atoms with E-state index in [1.165, 1.54) is 5.56 Å². The van der Waals surface area contributed by atoms with Gasteiger partial charge in [-0.2, -0.15) is 5.26 Å². The van der Waals surface area contributed by atoms with Gasteiger partial charge in [0.15, 0.2) is 0 Å². The predicted octanol–water partition coefficient (Wildman–Crippen LogP) is 2.27. The zero-order valence-corrected chi connectivity index (χ0v) is 10.3. The van der Waals surface area contributed by atoms with E-state index in [0.717, 1.165) is 12.0 Å². The molecule has 18 heavy (non-hydrogen) atoms. The molecule has 0 radical (unpaired) electrons. The Morgan fingerprint density at radius 3 is 2.61 bits per heavy atom. The smallest absolute Gasteiger partial charge is 0.268 e. The topological polar surface area (TPSA) is 45.8 Å². The van der Waals surface area contributed by atoms with Gasteiger partial charge >= 0.3 is 0 Å². The fourth-order valence-electron chi connectivity index (χ4n) is 1.87. The Morgan fingerprint density at radius 2 is 1.94 bits per heavy atom. The van der Waals surface area contributed by atoms with Crippen molar-refractivity contribution in [2.75, 3.05) is 0 Å². The summed E-state index contributed by atoms with van der Waals surface area (Å²) in [5.41, 5.74) is 1.96. The standard InChI is InChI=1S/C15H14N2O/c1-12-7-9-17(15(18)14(12)11-16)10-8-13-5-3-2-4-6-13/h2-7,9H,8,10H2,1H3. The van der Waals surface area contributed by atoms with Gasteiger partial charge < -0.3 is 4.57 Å². The number of aryl methyl sites for hydroxylation is 3. The highest BCUT2D eigenvalue weighted by molar-refractivity contribution is 5.33. The van der Waals surface area contributed by atoms with Gasteiger partial charge in [-0.3, -0.25) is 4.79 Å². The second kappa shape index (κ2) is 5.33. The summed E-state index contributed by atoms with van der Waals surface area (Å²) in [6.07, 6.45) is 2.54. The first-order valence-electron chi connectivity index (χ1n) is 5.86. The van der Waals surface area contributed by atoms with Crippen LogP contribution in [-0.4, -0.2) is 4.57 Å². The molecular formula is C15H14N2O. The van der Waals surface area contributed by atoms with Crippen molar-refractivity contribution >= 4 is 0 Å². The number of benzene rings is 1. The van der Waals surface area contributed by atoms with Gasteiger partial charge in [0, 0.05) is 12.7 Å². The molecule has 1 aromatic carbocycles. The first kappa shape index (κ1) is 12.1. The summed E-state index contributed by atoms with van der Waals surface area (Å²) < 4.78 is 1.60. The molecular weight excluding hydrogens is 224 g/mol. The Labute approximate surface area is 106 Å². The summed E-state index contributed by atoms with van der Waals surface area (Å²) in [7, 11) is 0. The van der Waals surface area contributed by atoms with Crippen LogP contribution in [0.25, 0.3) is 0 Å². The summed E-state index contributed by atoms with van der Waals surface area (Å²) in [5, 5.41) is 8.95. The predicted molar refractivity (Wildman–Crippen MR) is 70.3 cm³/mol. The van der Waals surface area contributed by atoms with Crippen molar-refractivity contribution in [2.45, 2.75) is 19.9 Å². The molecule has 1 aromatic heterocycles. The molecule has 0 saturated heterocycles. The van der Waals surface area contributed by atoms with Crippen LogP contribution in [0.1, 0.15) is 16.7 Å². The molecule has 0 atom stereocenters. The largest absolute Gasteiger partial charge is 0.314 e. The van der Waals surface area contributed by atoms with Gasteiger partial charge in [-0.15, -0.1) is 0 Å². The van der Waals surface area contributed by atoms with E-state index >= 15 is 0 Å². The van der Waals surface area contributed by atoms with Crippen molar-refractivity contribution in [3.63, 3.8) is 0 Å². The highest BCUT2D eigenvalue weighted by Gasteiger charge is 2.06. The molecule has 0 aliphatic rings. The van der Waals surface area contributed by atoms with Crippen molar-refractivity contribution in [1.29, 1.82) is 5.26 Å². The van der Waals surface area contributed by atoms with Crippen LogP contribution in [0.15, 0.2) is 47.4 Å². The number of hydrogen-bond donors (Lipinski definition) is 0. The molecule has 3 nitrogen and oxygen atoms in total. The van der Waals surface area contributed by atoms with Crippen LogP contribution in [0.5, 0.6) is 0 Å². The number of nitriles is 1. The third kappa shape index (κ3) is 2.49. The maximum Gasteiger partial charge on any atom is 0.268 e. The molecule has 0 N–H and O–H groups in total. The lowest BCUT2D eigenvalue weighted by molar-refractivity contribution is 0.666. The molecule has 0 spiro atoms. The van der Waals surface area contributed by atoms with Crippen molar-refractivity contribution in [3.05, 3.63) is 69.6 Å². The third-order valence-corrected chi connectivity index (χ3v) is 2.97. The van der Waals surface area contributed by atoms with E-state index < -0.39 is 0 Å². The molecule has 3 heteroatoms. The average molecular weight is 238 g/mol. The highest BCUT2D eigenvalue weighted by atomic mass is 16.1. The summed E-state index contributed by atoms with van der Waals surface area (Å²) >= 11 is 0. The van der Waals surface area contributed by atoms with E-state index in [4.69, 9.17) is 5.26 Å². The second-order valence-corrected chi connectivity index (χ2v) is 4.22. The van der Waals surface area contributed by atoms with E-state index in [1.54, 1.807) is 17.7 Å². The number of pyridine rings is 1. The lowest BCUT2D eigenvalue weighted by Crippen LogP contribution is -2.23. The van der Waals surface area contributed by atoms with Crippen molar-refractivity contribution in [1.82, 2.24) is 4.57 Å². The zero-order valence-electron chi connectivity index (χ0n) is 10.3. The molecule has 0 unspecified atom stereocenters. The number of hydrogen-bond acceptors (Lipinski definition) is 2. The first-order chi connectivity index (χ1) is 8.72. The van der Waals surface area contributed by atoms with Crippen LogP contribution in [-0.2, 0) is 13.0 Å². The fraction of sp³-hybridized carbons (Fsp3) is 0.200. The molecule has 0 fully saturated rings. The summed E-state index contributed by atoms with van der Waals surface area (Å²) in [5.74, 6) is 0. The Balaban J connectivity index is 2.21. The molecule has 2 aromatic rings. The Bertz CT molecular complexity index is 636. The van der Waals surface area contributed by atoms with Gasteiger partial charge in [-0.25, -0.2) is 0 Å². The number of nitrogens with zero attached hydrogens (tertiary/aromatic N) is 2. The maximum atomic E-state index is 12.0. The van der Waals surface area contributed by atoms with E-state index in [9.17, 15) is 4.79 Å². The summed E-state index contributed by atoms with van der Waals surface area (Å²) in [4.78, 5) is 12.0. The molecule has 0 aliphatic heterocycles. The minimum absolute atomic E-state index is 0.201. The first-order valence-corrected chi connectivity index (χ1v) is 5.86. The van der Waals surface area contributed by atoms with Gasteiger partial charge in [-0.05, 0) is 30.5 Å². The summed E-state index contributed by atoms with van der Waals surface area (Å²) in [6.45, 7) is 2.37. The van der Waals surface area contributed by atoms with Crippen molar-refractivity contribution in [2.24, 2.45) is 0 Å². The summed E-state index contributed by atoms with van der Waals surface area (Å²) in [6, 6.07) is 13.8. The van der Waals surface area contributed by atoms with Crippen molar-refractivity contribution < 1.29 is 0 Å². The van der Waals surface area contributed by atoms with Gasteiger partial charge in [0.1, 0.15) is 11.6 Å². The quantitative estimate of drug-likeness (QED) is 0.823. The van der Waals surface area contributed by atoms with Gasteiger partial charge in [0.05, 0.1) is 0 Å². The van der Waals surface area contributed by atoms with Crippen LogP contribution < -0.4 is 5.56 Å². The Morgan fingerprint density at radius 1 is 1.22 bits per heavy atom. The SMILES string of the molecule is Cc1ccn(CCc2ccccc2)c(=O)c1C#N. The molecule has 90 valence electrons. The average Bonchev–Trinajstić information content (AvgIpc) is 2.40. The van der Waals surface area contributed by atoms with Crippen molar-refractivity contribution in [3.8, 4) is 6.07 Å². The second-order valence-electron chi connectivity index (χ2n) is 4.22. The van der Waals surface area contributed by atoms with Crippen LogP contribution in [0.3, 0.4) is 0 Å². The molecule has 0 bridgehead atoms. The van der Waals surface area contributed by atoms with Crippen LogP contribution in [0, 0.1) is 18.3 Å². The number of rotatable bonds is 3. The number of aromatic nitrogens is 1. The van der Waals surface area contributed by atoms with Crippen LogP contribution in [0.2, 0.25) is 0 Å². The lowest BCUT2D eigenvalue weighted by Gasteiger charge is -2.07. The van der Waals surface area contributed by atoms with E-state index in [-0.39, 0.29) is 11.1 Å². The van der Waals surface area contributed by atoms with Gasteiger partial charge in [-0.1, -0.05) is 30.3 Å². The van der Waals surface area contributed by atoms with Gasteiger partial charge in [0.25, 0.3) is 5.56 Å². The van der Waals surface area contributed by atoms with E-state index in [1.807, 2.05) is 42.5 Å². The minimum Gasteiger partial charge on any atom is -0.314 e. The van der Waals surface area contributed by atoms with Gasteiger partial charge in [0.2, 0.25) is 0 Å². The minimum atomic E-state index is -0.201. The molecule has 0 aliphatic carbocycles. The lowest BCUT2D eigenvalue weighted by atomic mass is 10.1. The zero-order chi connectivity index (χ0) is 13.0.